The van der Waals surface area contributed by atoms with Crippen LogP contribution in [0.2, 0.25) is 0 Å². The summed E-state index contributed by atoms with van der Waals surface area (Å²) >= 11 is 0. The number of fused-ring (bicyclic) bond motifs is 1. The summed E-state index contributed by atoms with van der Waals surface area (Å²) in [5, 5.41) is 0. The summed E-state index contributed by atoms with van der Waals surface area (Å²) in [7, 11) is 1.81. The van der Waals surface area contributed by atoms with Gasteiger partial charge in [0.25, 0.3) is 0 Å². The summed E-state index contributed by atoms with van der Waals surface area (Å²) in [6.07, 6.45) is 5.75. The third-order valence-corrected chi connectivity index (χ3v) is 5.71. The largest absolute Gasteiger partial charge is 0.339 e. The zero-order valence-corrected chi connectivity index (χ0v) is 15.6. The highest BCUT2D eigenvalue weighted by atomic mass is 16.2. The first kappa shape index (κ1) is 17.5. The smallest absolute Gasteiger partial charge is 0.238 e. The molecule has 0 saturated carbocycles. The van der Waals surface area contributed by atoms with Crippen LogP contribution in [0.15, 0.2) is 66.7 Å². The Labute approximate surface area is 160 Å². The summed E-state index contributed by atoms with van der Waals surface area (Å²) in [6.45, 7) is 1.36. The maximum absolute atomic E-state index is 13.4. The molecule has 0 aromatic heterocycles. The van der Waals surface area contributed by atoms with Crippen LogP contribution >= 0.6 is 0 Å². The molecule has 2 amide bonds. The molecule has 1 atom stereocenters. The zero-order chi connectivity index (χ0) is 18.9. The van der Waals surface area contributed by atoms with Crippen LogP contribution in [-0.2, 0) is 21.4 Å². The van der Waals surface area contributed by atoms with Crippen LogP contribution in [0.5, 0.6) is 0 Å². The van der Waals surface area contributed by atoms with Crippen LogP contribution in [0, 0.1) is 0 Å². The van der Waals surface area contributed by atoms with Gasteiger partial charge in [-0.3, -0.25) is 9.59 Å². The average molecular weight is 360 g/mol. The number of amides is 2. The van der Waals surface area contributed by atoms with Crippen LogP contribution in [0.4, 0.5) is 5.69 Å². The second-order valence-corrected chi connectivity index (χ2v) is 7.40. The number of para-hydroxylation sites is 1. The van der Waals surface area contributed by atoms with E-state index in [1.807, 2.05) is 72.6 Å². The van der Waals surface area contributed by atoms with Crippen molar-refractivity contribution < 1.29 is 9.59 Å². The minimum atomic E-state index is -0.842. The number of carbonyl (C=O) groups is 2. The molecular weight excluding hydrogens is 336 g/mol. The Morgan fingerprint density at radius 1 is 1.04 bits per heavy atom. The first-order valence-corrected chi connectivity index (χ1v) is 9.46. The molecule has 2 heterocycles. The van der Waals surface area contributed by atoms with Crippen molar-refractivity contribution >= 4 is 17.5 Å². The van der Waals surface area contributed by atoms with Crippen molar-refractivity contribution in [1.29, 1.82) is 0 Å². The number of nitrogens with zero attached hydrogens (tertiary/aromatic N) is 2. The first-order valence-electron chi connectivity index (χ1n) is 9.46. The Morgan fingerprint density at radius 2 is 1.78 bits per heavy atom. The summed E-state index contributed by atoms with van der Waals surface area (Å²) in [4.78, 5) is 30.2. The maximum Gasteiger partial charge on any atom is 0.238 e. The van der Waals surface area contributed by atoms with Gasteiger partial charge in [-0.2, -0.15) is 0 Å². The van der Waals surface area contributed by atoms with Gasteiger partial charge in [-0.05, 0) is 30.0 Å². The van der Waals surface area contributed by atoms with Gasteiger partial charge in [0.2, 0.25) is 11.8 Å². The molecule has 0 spiro atoms. The van der Waals surface area contributed by atoms with Gasteiger partial charge in [0.05, 0.1) is 5.41 Å². The van der Waals surface area contributed by atoms with Crippen molar-refractivity contribution in [2.45, 2.75) is 24.7 Å². The van der Waals surface area contributed by atoms with E-state index in [-0.39, 0.29) is 18.2 Å². The Morgan fingerprint density at radius 3 is 2.52 bits per heavy atom. The molecule has 0 unspecified atom stereocenters. The lowest BCUT2D eigenvalue weighted by Crippen LogP contribution is -2.46. The van der Waals surface area contributed by atoms with Crippen LogP contribution in [0.1, 0.15) is 24.0 Å². The van der Waals surface area contributed by atoms with Crippen molar-refractivity contribution in [3.8, 4) is 0 Å². The highest BCUT2D eigenvalue weighted by Crippen LogP contribution is 2.45. The monoisotopic (exact) mass is 360 g/mol. The lowest BCUT2D eigenvalue weighted by Gasteiger charge is -2.32. The fourth-order valence-corrected chi connectivity index (χ4v) is 4.30. The van der Waals surface area contributed by atoms with Crippen molar-refractivity contribution in [1.82, 2.24) is 4.90 Å². The fraction of sp³-hybridized carbons (Fsp3) is 0.304. The molecule has 2 aromatic rings. The highest BCUT2D eigenvalue weighted by Gasteiger charge is 2.51. The van der Waals surface area contributed by atoms with E-state index in [1.54, 1.807) is 4.90 Å². The quantitative estimate of drug-likeness (QED) is 0.785. The molecule has 27 heavy (non-hydrogen) atoms. The van der Waals surface area contributed by atoms with Gasteiger partial charge in [-0.15, -0.1) is 0 Å². The van der Waals surface area contributed by atoms with Gasteiger partial charge in [0.1, 0.15) is 0 Å². The third-order valence-electron chi connectivity index (χ3n) is 5.71. The van der Waals surface area contributed by atoms with Crippen molar-refractivity contribution in [3.05, 3.63) is 77.9 Å². The molecule has 138 valence electrons. The topological polar surface area (TPSA) is 40.6 Å². The molecule has 2 aromatic carbocycles. The Kier molecular flexibility index (Phi) is 4.56. The van der Waals surface area contributed by atoms with E-state index in [0.29, 0.717) is 13.0 Å². The Bertz CT molecular complexity index is 890. The lowest BCUT2D eigenvalue weighted by atomic mass is 9.73. The maximum atomic E-state index is 13.4. The SMILES string of the molecule is CN1C(=O)[C@](CC(=O)N2CC=CCC2)(Cc2ccccc2)c2ccccc21. The summed E-state index contributed by atoms with van der Waals surface area (Å²) in [6, 6.07) is 17.9. The van der Waals surface area contributed by atoms with E-state index in [1.165, 1.54) is 0 Å². The van der Waals surface area contributed by atoms with E-state index in [4.69, 9.17) is 0 Å². The van der Waals surface area contributed by atoms with Crippen molar-refractivity contribution in [3.63, 3.8) is 0 Å². The highest BCUT2D eigenvalue weighted by molar-refractivity contribution is 6.10. The molecule has 0 aliphatic carbocycles. The van der Waals surface area contributed by atoms with Crippen molar-refractivity contribution in [2.75, 3.05) is 25.0 Å². The van der Waals surface area contributed by atoms with E-state index in [9.17, 15) is 9.59 Å². The Balaban J connectivity index is 1.75. The number of carbonyl (C=O) groups excluding carboxylic acids is 2. The molecular formula is C23H24N2O2. The van der Waals surface area contributed by atoms with E-state index >= 15 is 0 Å². The standard InChI is InChI=1S/C23H24N2O2/c1-24-20-13-7-6-12-19(20)23(22(24)27,16-18-10-4-2-5-11-18)17-21(26)25-14-8-3-9-15-25/h2-8,10-13H,9,14-17H2,1H3/t23-/m0/s1. The molecule has 4 nitrogen and oxygen atoms in total. The second kappa shape index (κ2) is 7.03. The number of anilines is 1. The molecule has 4 heteroatoms. The molecule has 0 radical (unpaired) electrons. The van der Waals surface area contributed by atoms with Gasteiger partial charge < -0.3 is 9.80 Å². The predicted molar refractivity (Wildman–Crippen MR) is 107 cm³/mol. The Hall–Kier alpha value is -2.88. The number of hydrogen-bond donors (Lipinski definition) is 0. The molecule has 2 aliphatic rings. The van der Waals surface area contributed by atoms with E-state index < -0.39 is 5.41 Å². The summed E-state index contributed by atoms with van der Waals surface area (Å²) in [5.74, 6) is 0.0576. The number of likely N-dealkylation sites (N-methyl/N-ethyl adjacent to an activating group) is 1. The van der Waals surface area contributed by atoms with E-state index in [0.717, 1.165) is 29.8 Å². The van der Waals surface area contributed by atoms with Gasteiger partial charge in [-0.25, -0.2) is 0 Å². The van der Waals surface area contributed by atoms with E-state index in [2.05, 4.69) is 6.08 Å². The third kappa shape index (κ3) is 3.05. The van der Waals surface area contributed by atoms with Gasteiger partial charge in [0, 0.05) is 32.2 Å². The van der Waals surface area contributed by atoms with Crippen LogP contribution in [-0.4, -0.2) is 36.9 Å². The van der Waals surface area contributed by atoms with Gasteiger partial charge in [-0.1, -0.05) is 60.7 Å². The van der Waals surface area contributed by atoms with Crippen LogP contribution in [0.25, 0.3) is 0 Å². The second-order valence-electron chi connectivity index (χ2n) is 7.40. The molecule has 2 aliphatic heterocycles. The first-order chi connectivity index (χ1) is 13.1. The normalized spacial score (nSPS) is 21.4. The lowest BCUT2D eigenvalue weighted by molar-refractivity contribution is -0.136. The fourth-order valence-electron chi connectivity index (χ4n) is 4.30. The summed E-state index contributed by atoms with van der Waals surface area (Å²) in [5.41, 5.74) is 2.10. The number of hydrogen-bond acceptors (Lipinski definition) is 2. The van der Waals surface area contributed by atoms with Crippen molar-refractivity contribution in [2.24, 2.45) is 0 Å². The molecule has 0 saturated heterocycles. The van der Waals surface area contributed by atoms with Crippen LogP contribution < -0.4 is 4.90 Å². The van der Waals surface area contributed by atoms with Crippen LogP contribution in [0.3, 0.4) is 0 Å². The predicted octanol–water partition coefficient (Wildman–Crippen LogP) is 3.32. The molecule has 0 fully saturated rings. The minimum absolute atomic E-state index is 0.00783. The van der Waals surface area contributed by atoms with Gasteiger partial charge >= 0.3 is 0 Å². The molecule has 0 bridgehead atoms. The molecule has 0 N–H and O–H groups in total. The molecule has 4 rings (SSSR count). The van der Waals surface area contributed by atoms with Gasteiger partial charge in [0.15, 0.2) is 0 Å². The minimum Gasteiger partial charge on any atom is -0.339 e. The average Bonchev–Trinajstić information content (AvgIpc) is 2.92. The zero-order valence-electron chi connectivity index (χ0n) is 15.6. The number of rotatable bonds is 4. The summed E-state index contributed by atoms with van der Waals surface area (Å²) < 4.78 is 0. The number of benzene rings is 2.